The summed E-state index contributed by atoms with van der Waals surface area (Å²) in [5, 5.41) is 11.9. The van der Waals surface area contributed by atoms with Crippen LogP contribution < -0.4 is 10.3 Å². The van der Waals surface area contributed by atoms with Crippen LogP contribution in [-0.2, 0) is 34.7 Å². The zero-order valence-corrected chi connectivity index (χ0v) is 17.1. The van der Waals surface area contributed by atoms with E-state index in [4.69, 9.17) is 14.5 Å². The normalized spacial score (nSPS) is 19.3. The minimum atomic E-state index is -1.82. The van der Waals surface area contributed by atoms with Gasteiger partial charge in [0, 0.05) is 16.5 Å². The molecule has 0 fully saturated rings. The Kier molecular flexibility index (Phi) is 4.02. The van der Waals surface area contributed by atoms with Crippen molar-refractivity contribution in [2.45, 2.75) is 45.4 Å². The first-order valence-electron chi connectivity index (χ1n) is 10.1. The molecule has 0 radical (unpaired) electrons. The van der Waals surface area contributed by atoms with E-state index in [1.165, 1.54) is 0 Å². The molecule has 2 aliphatic heterocycles. The van der Waals surface area contributed by atoms with Crippen molar-refractivity contribution in [1.29, 1.82) is 0 Å². The minimum absolute atomic E-state index is 0.125. The summed E-state index contributed by atoms with van der Waals surface area (Å²) in [4.78, 5) is 30.4. The zero-order chi connectivity index (χ0) is 21.2. The number of aromatic nitrogens is 2. The number of hydrogen-bond acceptors (Lipinski definition) is 6. The molecule has 3 aromatic rings. The Morgan fingerprint density at radius 2 is 2.03 bits per heavy atom. The van der Waals surface area contributed by atoms with E-state index in [0.29, 0.717) is 29.1 Å². The van der Waals surface area contributed by atoms with Crippen LogP contribution in [0.3, 0.4) is 0 Å². The third-order valence-corrected chi connectivity index (χ3v) is 6.28. The molecule has 1 N–H and O–H groups in total. The fourth-order valence-corrected chi connectivity index (χ4v) is 4.53. The maximum absolute atomic E-state index is 13.2. The van der Waals surface area contributed by atoms with Crippen LogP contribution in [0.15, 0.2) is 29.1 Å². The summed E-state index contributed by atoms with van der Waals surface area (Å²) >= 11 is 0. The number of ether oxygens (including phenoxy) is 2. The Balaban J connectivity index is 1.79. The number of pyridine rings is 2. The van der Waals surface area contributed by atoms with E-state index in [-0.39, 0.29) is 18.6 Å². The summed E-state index contributed by atoms with van der Waals surface area (Å²) < 4.78 is 12.2. The minimum Gasteiger partial charge on any atom is -0.497 e. The lowest BCUT2D eigenvalue weighted by molar-refractivity contribution is -0.172. The third kappa shape index (κ3) is 2.38. The van der Waals surface area contributed by atoms with Crippen molar-refractivity contribution in [3.05, 3.63) is 56.9 Å². The molecule has 7 nitrogen and oxygen atoms in total. The summed E-state index contributed by atoms with van der Waals surface area (Å²) in [5.41, 5.74) is 2.76. The fourth-order valence-electron chi connectivity index (χ4n) is 4.53. The molecule has 2 aromatic heterocycles. The quantitative estimate of drug-likeness (QED) is 0.526. The topological polar surface area (TPSA) is 90.6 Å². The first kappa shape index (κ1) is 18.8. The highest BCUT2D eigenvalue weighted by atomic mass is 16.6. The van der Waals surface area contributed by atoms with E-state index in [1.807, 2.05) is 18.2 Å². The molecule has 7 heteroatoms. The molecule has 0 aliphatic carbocycles. The van der Waals surface area contributed by atoms with Crippen LogP contribution in [0.1, 0.15) is 42.5 Å². The van der Waals surface area contributed by atoms with Gasteiger partial charge in [0.25, 0.3) is 5.56 Å². The molecular formula is C23H22N2O5. The smallest absolute Gasteiger partial charge is 0.343 e. The van der Waals surface area contributed by atoms with E-state index >= 15 is 0 Å². The summed E-state index contributed by atoms with van der Waals surface area (Å²) in [7, 11) is 1.64. The Morgan fingerprint density at radius 3 is 2.73 bits per heavy atom. The summed E-state index contributed by atoms with van der Waals surface area (Å²) in [6, 6.07) is 7.70. The Hall–Kier alpha value is -3.19. The molecule has 5 rings (SSSR count). The number of cyclic esters (lactones) is 1. The number of methoxy groups -OCH3 is 1. The van der Waals surface area contributed by atoms with Gasteiger partial charge in [-0.25, -0.2) is 9.78 Å². The molecule has 0 saturated heterocycles. The van der Waals surface area contributed by atoms with Gasteiger partial charge in [0.15, 0.2) is 5.60 Å². The van der Waals surface area contributed by atoms with Crippen LogP contribution in [0, 0.1) is 0 Å². The Morgan fingerprint density at radius 1 is 1.23 bits per heavy atom. The van der Waals surface area contributed by atoms with Crippen LogP contribution in [0.2, 0.25) is 0 Å². The van der Waals surface area contributed by atoms with E-state index in [2.05, 4.69) is 6.92 Å². The van der Waals surface area contributed by atoms with Crippen molar-refractivity contribution >= 4 is 16.9 Å². The van der Waals surface area contributed by atoms with E-state index in [1.54, 1.807) is 24.7 Å². The third-order valence-electron chi connectivity index (χ3n) is 6.28. The van der Waals surface area contributed by atoms with Crippen LogP contribution in [0.5, 0.6) is 5.75 Å². The monoisotopic (exact) mass is 406 g/mol. The number of rotatable bonds is 3. The molecule has 0 unspecified atom stereocenters. The second kappa shape index (κ2) is 6.40. The molecule has 154 valence electrons. The van der Waals surface area contributed by atoms with Gasteiger partial charge in [0.05, 0.1) is 36.1 Å². The molecular weight excluding hydrogens is 384 g/mol. The average Bonchev–Trinajstić information content (AvgIpc) is 3.12. The largest absolute Gasteiger partial charge is 0.497 e. The molecule has 0 spiro atoms. The van der Waals surface area contributed by atoms with Crippen LogP contribution in [0.25, 0.3) is 22.3 Å². The first-order valence-corrected chi connectivity index (χ1v) is 10.1. The number of carbonyl (C=O) groups is 1. The summed E-state index contributed by atoms with van der Waals surface area (Å²) in [6.07, 6.45) is 0.914. The summed E-state index contributed by atoms with van der Waals surface area (Å²) in [6.45, 7) is 4.02. The van der Waals surface area contributed by atoms with Crippen molar-refractivity contribution in [1.82, 2.24) is 9.55 Å². The van der Waals surface area contributed by atoms with Crippen molar-refractivity contribution < 1.29 is 19.4 Å². The highest BCUT2D eigenvalue weighted by molar-refractivity contribution is 5.88. The molecule has 1 atom stereocenters. The van der Waals surface area contributed by atoms with Gasteiger partial charge in [0.1, 0.15) is 12.4 Å². The number of esters is 1. The molecule has 4 heterocycles. The molecule has 0 amide bonds. The summed E-state index contributed by atoms with van der Waals surface area (Å²) in [5.74, 6) is 0.0554. The number of fused-ring (bicyclic) bond motifs is 5. The number of carbonyl (C=O) groups excluding carboxylic acids is 1. The Labute approximate surface area is 172 Å². The number of hydrogen-bond donors (Lipinski definition) is 1. The lowest BCUT2D eigenvalue weighted by Crippen LogP contribution is -2.44. The zero-order valence-electron chi connectivity index (χ0n) is 17.1. The lowest BCUT2D eigenvalue weighted by atomic mass is 9.86. The SMILES string of the molecule is CCc1cc(OC)cc2cc3c(nc12)-c1cc2c(c(=O)n1C3)COC(=O)[C@]2(O)CC. The van der Waals surface area contributed by atoms with Gasteiger partial charge in [-0.15, -0.1) is 0 Å². The highest BCUT2D eigenvalue weighted by Gasteiger charge is 2.45. The first-order chi connectivity index (χ1) is 14.4. The van der Waals surface area contributed by atoms with Gasteiger partial charge in [-0.3, -0.25) is 4.79 Å². The van der Waals surface area contributed by atoms with Crippen molar-refractivity contribution in [2.75, 3.05) is 7.11 Å². The molecule has 0 bridgehead atoms. The van der Waals surface area contributed by atoms with Crippen LogP contribution >= 0.6 is 0 Å². The van der Waals surface area contributed by atoms with E-state index in [0.717, 1.165) is 34.2 Å². The molecule has 0 saturated carbocycles. The fraction of sp³-hybridized carbons (Fsp3) is 0.348. The standard InChI is InChI=1S/C23H22N2O5/c1-4-12-7-15(29-3)8-13-6-14-10-25-18(20(14)24-19(12)13)9-17-16(21(25)26)11-30-22(27)23(17,28)5-2/h6-9,28H,4-5,10-11H2,1-3H3/t23-/m0/s1. The average molecular weight is 406 g/mol. The van der Waals surface area contributed by atoms with Crippen molar-refractivity contribution in [2.24, 2.45) is 0 Å². The maximum atomic E-state index is 13.2. The molecule has 1 aromatic carbocycles. The number of nitrogens with zero attached hydrogens (tertiary/aromatic N) is 2. The number of benzene rings is 1. The lowest BCUT2D eigenvalue weighted by Gasteiger charge is -2.31. The van der Waals surface area contributed by atoms with Crippen molar-refractivity contribution in [3.8, 4) is 17.1 Å². The second-order valence-electron chi connectivity index (χ2n) is 7.81. The van der Waals surface area contributed by atoms with Crippen LogP contribution in [0.4, 0.5) is 0 Å². The van der Waals surface area contributed by atoms with Gasteiger partial charge < -0.3 is 19.1 Å². The van der Waals surface area contributed by atoms with Gasteiger partial charge in [0.2, 0.25) is 0 Å². The molecule has 30 heavy (non-hydrogen) atoms. The number of aliphatic hydroxyl groups is 1. The highest BCUT2D eigenvalue weighted by Crippen LogP contribution is 2.39. The van der Waals surface area contributed by atoms with Gasteiger partial charge in [-0.05, 0) is 42.7 Å². The maximum Gasteiger partial charge on any atom is 0.343 e. The predicted molar refractivity (Wildman–Crippen MR) is 110 cm³/mol. The number of aryl methyl sites for hydroxylation is 1. The van der Waals surface area contributed by atoms with E-state index < -0.39 is 11.6 Å². The van der Waals surface area contributed by atoms with Crippen molar-refractivity contribution in [3.63, 3.8) is 0 Å². The van der Waals surface area contributed by atoms with E-state index in [9.17, 15) is 14.7 Å². The van der Waals surface area contributed by atoms with Gasteiger partial charge in [-0.1, -0.05) is 13.8 Å². The predicted octanol–water partition coefficient (Wildman–Crippen LogP) is 2.65. The van der Waals surface area contributed by atoms with Gasteiger partial charge >= 0.3 is 5.97 Å². The van der Waals surface area contributed by atoms with Crippen LogP contribution in [-0.4, -0.2) is 27.7 Å². The Bertz CT molecular complexity index is 1290. The molecule has 2 aliphatic rings. The second-order valence-corrected chi connectivity index (χ2v) is 7.81. The van der Waals surface area contributed by atoms with Gasteiger partial charge in [-0.2, -0.15) is 0 Å².